The topological polar surface area (TPSA) is 104 Å². The Kier molecular flexibility index (Phi) is 8.15. The molecule has 4 aromatic rings. The van der Waals surface area contributed by atoms with Gasteiger partial charge in [0.1, 0.15) is 11.8 Å². The summed E-state index contributed by atoms with van der Waals surface area (Å²) in [6.07, 6.45) is 1.61. The van der Waals surface area contributed by atoms with Crippen molar-refractivity contribution in [2.45, 2.75) is 30.2 Å². The molecule has 2 aliphatic rings. The van der Waals surface area contributed by atoms with Gasteiger partial charge in [-0.15, -0.1) is 0 Å². The molecule has 0 radical (unpaired) electrons. The Balaban J connectivity index is 1.32. The molecule has 11 heteroatoms. The maximum absolute atomic E-state index is 14.4. The number of rotatable bonds is 8. The minimum absolute atomic E-state index is 0.0356. The third kappa shape index (κ3) is 5.34. The number of amides is 3. The molecule has 0 spiro atoms. The van der Waals surface area contributed by atoms with Crippen molar-refractivity contribution in [2.24, 2.45) is 0 Å². The fraction of sp³-hybridized carbons (Fsp3) is 0.242. The highest BCUT2D eigenvalue weighted by Crippen LogP contribution is 2.32. The third-order valence-electron chi connectivity index (χ3n) is 8.21. The first-order chi connectivity index (χ1) is 21.2. The third-order valence-corrected chi connectivity index (χ3v) is 10.4. The van der Waals surface area contributed by atoms with Crippen LogP contribution in [-0.4, -0.2) is 68.1 Å². The average molecular weight is 632 g/mol. The van der Waals surface area contributed by atoms with Crippen molar-refractivity contribution in [3.8, 4) is 5.75 Å². The van der Waals surface area contributed by atoms with Gasteiger partial charge in [0, 0.05) is 46.9 Å². The molecule has 0 aliphatic carbocycles. The predicted molar refractivity (Wildman–Crippen MR) is 168 cm³/mol. The van der Waals surface area contributed by atoms with E-state index in [1.54, 1.807) is 48.5 Å². The zero-order valence-corrected chi connectivity index (χ0v) is 25.6. The van der Waals surface area contributed by atoms with Crippen LogP contribution in [0.25, 0.3) is 10.8 Å². The number of hydrogen-bond donors (Lipinski definition) is 0. The van der Waals surface area contributed by atoms with Gasteiger partial charge in [-0.05, 0) is 78.9 Å². The van der Waals surface area contributed by atoms with Gasteiger partial charge in [-0.1, -0.05) is 42.3 Å². The van der Waals surface area contributed by atoms with Crippen LogP contribution < -0.4 is 9.64 Å². The smallest absolute Gasteiger partial charge is 0.261 e. The van der Waals surface area contributed by atoms with E-state index in [0.717, 1.165) is 10.3 Å². The van der Waals surface area contributed by atoms with Gasteiger partial charge in [-0.3, -0.25) is 19.3 Å². The van der Waals surface area contributed by atoms with Crippen LogP contribution in [0.3, 0.4) is 0 Å². The molecule has 1 atom stereocenters. The van der Waals surface area contributed by atoms with Crippen LogP contribution in [0.1, 0.15) is 40.0 Å². The second kappa shape index (κ2) is 12.0. The lowest BCUT2D eigenvalue weighted by atomic mass is 9.94. The van der Waals surface area contributed by atoms with Crippen LogP contribution >= 0.6 is 11.6 Å². The van der Waals surface area contributed by atoms with Crippen molar-refractivity contribution >= 4 is 55.8 Å². The Morgan fingerprint density at radius 1 is 0.909 bits per heavy atom. The predicted octanol–water partition coefficient (Wildman–Crippen LogP) is 5.37. The molecule has 1 fully saturated rings. The van der Waals surface area contributed by atoms with E-state index in [2.05, 4.69) is 0 Å². The minimum Gasteiger partial charge on any atom is -0.497 e. The lowest BCUT2D eigenvalue weighted by molar-refractivity contribution is -0.123. The number of methoxy groups -OCH3 is 1. The van der Waals surface area contributed by atoms with Crippen LogP contribution in [-0.2, 0) is 14.8 Å². The molecular weight excluding hydrogens is 602 g/mol. The maximum atomic E-state index is 14.4. The van der Waals surface area contributed by atoms with E-state index in [1.807, 2.05) is 12.1 Å². The molecule has 0 N–H and O–H groups in total. The van der Waals surface area contributed by atoms with Gasteiger partial charge < -0.3 is 9.64 Å². The molecule has 0 aromatic heterocycles. The summed E-state index contributed by atoms with van der Waals surface area (Å²) in [5.74, 6) is -0.735. The Hall–Kier alpha value is -4.25. The zero-order chi connectivity index (χ0) is 31.0. The number of imide groups is 1. The highest BCUT2D eigenvalue weighted by molar-refractivity contribution is 7.89. The fourth-order valence-corrected chi connectivity index (χ4v) is 7.75. The summed E-state index contributed by atoms with van der Waals surface area (Å²) in [6, 6.07) is 22.4. The number of sulfonamides is 1. The largest absolute Gasteiger partial charge is 0.497 e. The summed E-state index contributed by atoms with van der Waals surface area (Å²) >= 11 is 6.00. The van der Waals surface area contributed by atoms with Crippen molar-refractivity contribution in [1.29, 1.82) is 0 Å². The Labute approximate surface area is 260 Å². The summed E-state index contributed by atoms with van der Waals surface area (Å²) < 4.78 is 34.1. The average Bonchev–Trinajstić information content (AvgIpc) is 3.05. The van der Waals surface area contributed by atoms with E-state index in [1.165, 1.54) is 40.6 Å². The number of halogens is 1. The van der Waals surface area contributed by atoms with E-state index in [0.29, 0.717) is 52.2 Å². The number of nitrogens with zero attached hydrogens (tertiary/aromatic N) is 3. The van der Waals surface area contributed by atoms with Gasteiger partial charge in [0.25, 0.3) is 11.8 Å². The molecule has 9 nitrogen and oxygen atoms in total. The molecule has 3 amide bonds. The molecule has 0 unspecified atom stereocenters. The van der Waals surface area contributed by atoms with E-state index in [4.69, 9.17) is 16.3 Å². The van der Waals surface area contributed by atoms with Gasteiger partial charge >= 0.3 is 0 Å². The minimum atomic E-state index is -4.02. The zero-order valence-electron chi connectivity index (χ0n) is 24.0. The Bertz CT molecular complexity index is 1810. The SMILES string of the molecule is COc1ccc(N(CCN2C(=O)c3cccc4cccc(c34)C2=O)C(=O)[C@@H]2CCCCN2S(=O)(=O)c2ccc(Cl)cc2)cc1. The quantitative estimate of drug-likeness (QED) is 0.242. The lowest BCUT2D eigenvalue weighted by Gasteiger charge is -2.37. The van der Waals surface area contributed by atoms with E-state index in [9.17, 15) is 22.8 Å². The number of ether oxygens (including phenoxy) is 1. The van der Waals surface area contributed by atoms with Crippen LogP contribution in [0, 0.1) is 0 Å². The molecule has 0 saturated carbocycles. The summed E-state index contributed by atoms with van der Waals surface area (Å²) in [4.78, 5) is 44.2. The van der Waals surface area contributed by atoms with Crippen molar-refractivity contribution in [3.63, 3.8) is 0 Å². The summed E-state index contributed by atoms with van der Waals surface area (Å²) in [6.45, 7) is 0.0602. The van der Waals surface area contributed by atoms with Gasteiger partial charge in [0.2, 0.25) is 15.9 Å². The van der Waals surface area contributed by atoms with E-state index < -0.39 is 33.8 Å². The molecule has 0 bridgehead atoms. The number of piperidine rings is 1. The first kappa shape index (κ1) is 29.8. The van der Waals surface area contributed by atoms with Gasteiger partial charge in [-0.2, -0.15) is 4.31 Å². The maximum Gasteiger partial charge on any atom is 0.261 e. The fourth-order valence-electron chi connectivity index (χ4n) is 5.97. The normalized spacial score (nSPS) is 17.1. The number of benzene rings is 4. The number of carbonyl (C=O) groups excluding carboxylic acids is 3. The Morgan fingerprint density at radius 2 is 1.55 bits per heavy atom. The van der Waals surface area contributed by atoms with Crippen molar-refractivity contribution in [2.75, 3.05) is 31.6 Å². The summed E-state index contributed by atoms with van der Waals surface area (Å²) in [7, 11) is -2.49. The lowest BCUT2D eigenvalue weighted by Crippen LogP contribution is -2.54. The second-order valence-electron chi connectivity index (χ2n) is 10.7. The van der Waals surface area contributed by atoms with Crippen LogP contribution in [0.4, 0.5) is 5.69 Å². The molecule has 2 heterocycles. The molecule has 4 aromatic carbocycles. The van der Waals surface area contributed by atoms with Crippen molar-refractivity contribution < 1.29 is 27.5 Å². The summed E-state index contributed by atoms with van der Waals surface area (Å²) in [5, 5.41) is 1.83. The van der Waals surface area contributed by atoms with Gasteiger partial charge in [0.05, 0.1) is 12.0 Å². The van der Waals surface area contributed by atoms with Crippen molar-refractivity contribution in [3.05, 3.63) is 101 Å². The van der Waals surface area contributed by atoms with Crippen molar-refractivity contribution in [1.82, 2.24) is 9.21 Å². The Morgan fingerprint density at radius 3 is 2.16 bits per heavy atom. The molecule has 6 rings (SSSR count). The monoisotopic (exact) mass is 631 g/mol. The first-order valence-electron chi connectivity index (χ1n) is 14.3. The highest BCUT2D eigenvalue weighted by atomic mass is 35.5. The van der Waals surface area contributed by atoms with Gasteiger partial charge in [0.15, 0.2) is 0 Å². The van der Waals surface area contributed by atoms with Crippen LogP contribution in [0.5, 0.6) is 5.75 Å². The molecule has 44 heavy (non-hydrogen) atoms. The number of hydrogen-bond acceptors (Lipinski definition) is 6. The number of anilines is 1. The van der Waals surface area contributed by atoms with Gasteiger partial charge in [-0.25, -0.2) is 8.42 Å². The van der Waals surface area contributed by atoms with Crippen LogP contribution in [0.15, 0.2) is 89.8 Å². The van der Waals surface area contributed by atoms with E-state index >= 15 is 0 Å². The number of carbonyl (C=O) groups is 3. The first-order valence-corrected chi connectivity index (χ1v) is 16.1. The molecule has 1 saturated heterocycles. The summed E-state index contributed by atoms with van der Waals surface area (Å²) in [5.41, 5.74) is 1.34. The second-order valence-corrected chi connectivity index (χ2v) is 13.1. The van der Waals surface area contributed by atoms with E-state index in [-0.39, 0.29) is 24.5 Å². The molecule has 226 valence electrons. The highest BCUT2D eigenvalue weighted by Gasteiger charge is 2.40. The standard InChI is InChI=1S/C33H30ClN3O6S/c1-43-25-15-13-24(14-16-25)35(20-21-36-31(38)27-8-4-6-22-7-5-9-28(30(22)27)32(36)39)33(40)29-10-2-3-19-37(29)44(41,42)26-17-11-23(34)12-18-26/h4-9,11-18,29H,2-3,10,19-21H2,1H3/t29-/m0/s1. The van der Waals surface area contributed by atoms with Crippen LogP contribution in [0.2, 0.25) is 5.02 Å². The molecule has 2 aliphatic heterocycles. The molecular formula is C33H30ClN3O6S.